The lowest BCUT2D eigenvalue weighted by Crippen LogP contribution is -2.52. The van der Waals surface area contributed by atoms with Gasteiger partial charge in [0.05, 0.1) is 6.10 Å². The number of amides is 1. The second kappa shape index (κ2) is 4.55. The number of hydrogen-bond acceptors (Lipinski definition) is 4. The van der Waals surface area contributed by atoms with E-state index in [9.17, 15) is 9.90 Å². The molecule has 0 aromatic carbocycles. The molecule has 2 rings (SSSR count). The Balaban J connectivity index is 1.76. The number of nitrogens with one attached hydrogen (secondary N) is 1. The molecule has 2 unspecified atom stereocenters. The number of carbonyl (C=O) groups excluding carboxylic acids is 1. The molecule has 1 aliphatic carbocycles. The quantitative estimate of drug-likeness (QED) is 0.643. The molecule has 1 aliphatic heterocycles. The van der Waals surface area contributed by atoms with E-state index in [1.165, 1.54) is 0 Å². The van der Waals surface area contributed by atoms with E-state index in [0.29, 0.717) is 19.4 Å². The topological polar surface area (TPSA) is 84.6 Å². The largest absolute Gasteiger partial charge is 0.385 e. The van der Waals surface area contributed by atoms with Crippen LogP contribution in [-0.2, 0) is 9.53 Å². The Morgan fingerprint density at radius 1 is 1.53 bits per heavy atom. The van der Waals surface area contributed by atoms with Crippen molar-refractivity contribution in [2.45, 2.75) is 56.3 Å². The molecule has 0 spiro atoms. The highest BCUT2D eigenvalue weighted by Crippen LogP contribution is 2.32. The van der Waals surface area contributed by atoms with Crippen molar-refractivity contribution in [3.63, 3.8) is 0 Å². The van der Waals surface area contributed by atoms with Crippen molar-refractivity contribution >= 4 is 5.91 Å². The van der Waals surface area contributed by atoms with Crippen LogP contribution in [0.5, 0.6) is 0 Å². The van der Waals surface area contributed by atoms with E-state index < -0.39 is 5.60 Å². The van der Waals surface area contributed by atoms with E-state index in [1.54, 1.807) is 0 Å². The highest BCUT2D eigenvalue weighted by atomic mass is 16.5. The standard InChI is InChI=1S/C12H22N2O3/c1-9-12(16,5-6-17-9)8-14-10(15)7-11(13)3-2-4-11/h9,16H,2-8,13H2,1H3,(H,14,15). The maximum atomic E-state index is 11.7. The molecule has 1 heterocycles. The van der Waals surface area contributed by atoms with Crippen LogP contribution in [0, 0.1) is 0 Å². The van der Waals surface area contributed by atoms with Gasteiger partial charge in [-0.3, -0.25) is 4.79 Å². The lowest BCUT2D eigenvalue weighted by atomic mass is 9.75. The summed E-state index contributed by atoms with van der Waals surface area (Å²) in [4.78, 5) is 11.7. The molecule has 2 aliphatic rings. The summed E-state index contributed by atoms with van der Waals surface area (Å²) in [7, 11) is 0. The molecule has 1 amide bonds. The first-order chi connectivity index (χ1) is 7.94. The van der Waals surface area contributed by atoms with Crippen LogP contribution < -0.4 is 11.1 Å². The minimum atomic E-state index is -0.920. The molecule has 5 heteroatoms. The van der Waals surface area contributed by atoms with Crippen LogP contribution >= 0.6 is 0 Å². The third-order valence-electron chi connectivity index (χ3n) is 4.11. The molecule has 4 N–H and O–H groups in total. The first-order valence-electron chi connectivity index (χ1n) is 6.33. The smallest absolute Gasteiger partial charge is 0.221 e. The van der Waals surface area contributed by atoms with Crippen molar-refractivity contribution in [2.75, 3.05) is 13.2 Å². The molecule has 5 nitrogen and oxygen atoms in total. The van der Waals surface area contributed by atoms with E-state index in [2.05, 4.69) is 5.32 Å². The Bertz CT molecular complexity index is 304. The second-order valence-electron chi connectivity index (χ2n) is 5.54. The maximum absolute atomic E-state index is 11.7. The summed E-state index contributed by atoms with van der Waals surface area (Å²) < 4.78 is 5.31. The van der Waals surface area contributed by atoms with Gasteiger partial charge in [-0.15, -0.1) is 0 Å². The van der Waals surface area contributed by atoms with Crippen molar-refractivity contribution < 1.29 is 14.6 Å². The average molecular weight is 242 g/mol. The molecule has 2 fully saturated rings. The zero-order valence-corrected chi connectivity index (χ0v) is 10.4. The van der Waals surface area contributed by atoms with Gasteiger partial charge in [0.15, 0.2) is 0 Å². The van der Waals surface area contributed by atoms with E-state index in [-0.39, 0.29) is 24.1 Å². The molecule has 17 heavy (non-hydrogen) atoms. The van der Waals surface area contributed by atoms with Crippen molar-refractivity contribution in [3.8, 4) is 0 Å². The van der Waals surface area contributed by atoms with Crippen molar-refractivity contribution in [1.82, 2.24) is 5.32 Å². The molecule has 2 atom stereocenters. The third-order valence-corrected chi connectivity index (χ3v) is 4.11. The highest BCUT2D eigenvalue weighted by molar-refractivity contribution is 5.77. The van der Waals surface area contributed by atoms with Crippen molar-refractivity contribution in [2.24, 2.45) is 5.73 Å². The molecule has 0 aromatic heterocycles. The first kappa shape index (κ1) is 12.8. The van der Waals surface area contributed by atoms with Crippen LogP contribution in [-0.4, -0.2) is 41.4 Å². The zero-order chi connectivity index (χ0) is 12.5. The Hall–Kier alpha value is -0.650. The SMILES string of the molecule is CC1OCCC1(O)CNC(=O)CC1(N)CCC1. The number of carbonyl (C=O) groups is 1. The minimum Gasteiger partial charge on any atom is -0.385 e. The van der Waals surface area contributed by atoms with Gasteiger partial charge in [0, 0.05) is 31.5 Å². The zero-order valence-electron chi connectivity index (χ0n) is 10.4. The minimum absolute atomic E-state index is 0.0697. The van der Waals surface area contributed by atoms with Gasteiger partial charge in [-0.2, -0.15) is 0 Å². The lowest BCUT2D eigenvalue weighted by Gasteiger charge is -2.37. The van der Waals surface area contributed by atoms with E-state index in [0.717, 1.165) is 19.3 Å². The highest BCUT2D eigenvalue weighted by Gasteiger charge is 2.40. The molecular weight excluding hydrogens is 220 g/mol. The summed E-state index contributed by atoms with van der Waals surface area (Å²) in [6.45, 7) is 2.63. The first-order valence-corrected chi connectivity index (χ1v) is 6.33. The van der Waals surface area contributed by atoms with Crippen LogP contribution in [0.15, 0.2) is 0 Å². The van der Waals surface area contributed by atoms with Crippen LogP contribution in [0.1, 0.15) is 39.0 Å². The number of ether oxygens (including phenoxy) is 1. The fourth-order valence-corrected chi connectivity index (χ4v) is 2.44. The summed E-state index contributed by atoms with van der Waals surface area (Å²) in [5.74, 6) is -0.0697. The number of rotatable bonds is 4. The van der Waals surface area contributed by atoms with Gasteiger partial charge in [0.1, 0.15) is 5.60 Å². The van der Waals surface area contributed by atoms with E-state index in [1.807, 2.05) is 6.92 Å². The fraction of sp³-hybridized carbons (Fsp3) is 0.917. The van der Waals surface area contributed by atoms with Gasteiger partial charge in [-0.25, -0.2) is 0 Å². The molecular formula is C12H22N2O3. The molecule has 0 aromatic rings. The van der Waals surface area contributed by atoms with Gasteiger partial charge < -0.3 is 20.9 Å². The molecule has 0 bridgehead atoms. The molecule has 1 saturated heterocycles. The Morgan fingerprint density at radius 3 is 2.71 bits per heavy atom. The van der Waals surface area contributed by atoms with Gasteiger partial charge in [-0.1, -0.05) is 0 Å². The van der Waals surface area contributed by atoms with Gasteiger partial charge in [0.2, 0.25) is 5.91 Å². The Labute approximate surface area is 102 Å². The fourth-order valence-electron chi connectivity index (χ4n) is 2.44. The maximum Gasteiger partial charge on any atom is 0.221 e. The van der Waals surface area contributed by atoms with E-state index >= 15 is 0 Å². The summed E-state index contributed by atoms with van der Waals surface area (Å²) in [6, 6.07) is 0. The Morgan fingerprint density at radius 2 is 2.24 bits per heavy atom. The van der Waals surface area contributed by atoms with Crippen molar-refractivity contribution in [1.29, 1.82) is 0 Å². The Kier molecular flexibility index (Phi) is 3.43. The molecule has 0 radical (unpaired) electrons. The summed E-state index contributed by atoms with van der Waals surface area (Å²) in [5, 5.41) is 13.0. The lowest BCUT2D eigenvalue weighted by molar-refractivity contribution is -0.124. The van der Waals surface area contributed by atoms with Crippen LogP contribution in [0.25, 0.3) is 0 Å². The van der Waals surface area contributed by atoms with Gasteiger partial charge >= 0.3 is 0 Å². The summed E-state index contributed by atoms with van der Waals surface area (Å²) in [6.07, 6.45) is 3.66. The van der Waals surface area contributed by atoms with Gasteiger partial charge in [0.25, 0.3) is 0 Å². The molecule has 1 saturated carbocycles. The number of hydrogen-bond donors (Lipinski definition) is 3. The average Bonchev–Trinajstić information content (AvgIpc) is 2.55. The molecule has 98 valence electrons. The monoisotopic (exact) mass is 242 g/mol. The predicted molar refractivity (Wildman–Crippen MR) is 63.4 cm³/mol. The predicted octanol–water partition coefficient (Wildman–Crippen LogP) is -0.0860. The normalized spacial score (nSPS) is 35.4. The summed E-state index contributed by atoms with van der Waals surface area (Å²) >= 11 is 0. The van der Waals surface area contributed by atoms with Crippen LogP contribution in [0.2, 0.25) is 0 Å². The third kappa shape index (κ3) is 2.78. The number of nitrogens with two attached hydrogens (primary N) is 1. The second-order valence-corrected chi connectivity index (χ2v) is 5.54. The van der Waals surface area contributed by atoms with Crippen molar-refractivity contribution in [3.05, 3.63) is 0 Å². The van der Waals surface area contributed by atoms with Gasteiger partial charge in [-0.05, 0) is 26.2 Å². The number of aliphatic hydroxyl groups is 1. The van der Waals surface area contributed by atoms with E-state index in [4.69, 9.17) is 10.5 Å². The van der Waals surface area contributed by atoms with Crippen LogP contribution in [0.4, 0.5) is 0 Å². The summed E-state index contributed by atoms with van der Waals surface area (Å²) in [5.41, 5.74) is 4.78. The van der Waals surface area contributed by atoms with Crippen LogP contribution in [0.3, 0.4) is 0 Å².